The lowest BCUT2D eigenvalue weighted by molar-refractivity contribution is 0.0520. The lowest BCUT2D eigenvalue weighted by Gasteiger charge is -2.40. The van der Waals surface area contributed by atoms with Gasteiger partial charge in [-0.3, -0.25) is 0 Å². The van der Waals surface area contributed by atoms with Gasteiger partial charge in [0.05, 0.1) is 0 Å². The molecule has 2 aromatic rings. The van der Waals surface area contributed by atoms with Crippen molar-refractivity contribution >= 4 is 16.9 Å². The highest BCUT2D eigenvalue weighted by molar-refractivity contribution is 5.86. The summed E-state index contributed by atoms with van der Waals surface area (Å²) in [5.74, 6) is 0. The van der Waals surface area contributed by atoms with Crippen LogP contribution in [0.2, 0.25) is 0 Å². The molecule has 5 heteroatoms. The lowest BCUT2D eigenvalue weighted by Crippen LogP contribution is -2.48. The number of nitrogens with one attached hydrogen (secondary N) is 2. The molecule has 136 valence electrons. The number of H-pyrrole nitrogens is 1. The average molecular weight is 343 g/mol. The highest BCUT2D eigenvalue weighted by Crippen LogP contribution is 2.34. The maximum atomic E-state index is 12.4. The number of aliphatic hydroxyl groups is 1. The summed E-state index contributed by atoms with van der Waals surface area (Å²) in [6, 6.07) is 6.31. The molecule has 0 saturated carbocycles. The summed E-state index contributed by atoms with van der Waals surface area (Å²) >= 11 is 0. The predicted molar refractivity (Wildman–Crippen MR) is 101 cm³/mol. The fourth-order valence-electron chi connectivity index (χ4n) is 3.79. The van der Waals surface area contributed by atoms with Gasteiger partial charge in [-0.15, -0.1) is 0 Å². The summed E-state index contributed by atoms with van der Waals surface area (Å²) in [5.41, 5.74) is 3.67. The van der Waals surface area contributed by atoms with Crippen LogP contribution in [0.5, 0.6) is 0 Å². The minimum atomic E-state index is 0.0126. The highest BCUT2D eigenvalue weighted by Gasteiger charge is 2.33. The Morgan fingerprint density at radius 1 is 1.36 bits per heavy atom. The molecule has 25 heavy (non-hydrogen) atoms. The monoisotopic (exact) mass is 343 g/mol. The third-order valence-electron chi connectivity index (χ3n) is 5.88. The number of aryl methyl sites for hydroxylation is 1. The van der Waals surface area contributed by atoms with Crippen molar-refractivity contribution in [2.24, 2.45) is 5.41 Å². The Balaban J connectivity index is 1.51. The molecule has 0 aliphatic carbocycles. The van der Waals surface area contributed by atoms with Gasteiger partial charge in [0.15, 0.2) is 0 Å². The molecule has 2 amide bonds. The Hall–Kier alpha value is -2.01. The topological polar surface area (TPSA) is 68.4 Å². The number of hydrogen-bond acceptors (Lipinski definition) is 2. The second kappa shape index (κ2) is 7.48. The van der Waals surface area contributed by atoms with Crippen molar-refractivity contribution in [2.45, 2.75) is 39.5 Å². The van der Waals surface area contributed by atoms with Crippen molar-refractivity contribution in [3.8, 4) is 0 Å². The van der Waals surface area contributed by atoms with Crippen molar-refractivity contribution in [1.82, 2.24) is 15.2 Å². The number of aromatic nitrogens is 1. The molecule has 2 heterocycles. The smallest absolute Gasteiger partial charge is 0.317 e. The van der Waals surface area contributed by atoms with Gasteiger partial charge in [0.2, 0.25) is 0 Å². The number of carbonyl (C=O) groups excluding carboxylic acids is 1. The van der Waals surface area contributed by atoms with E-state index in [-0.39, 0.29) is 18.1 Å². The van der Waals surface area contributed by atoms with Crippen LogP contribution < -0.4 is 5.32 Å². The number of piperidine rings is 1. The molecule has 0 atom stereocenters. The van der Waals surface area contributed by atoms with E-state index in [1.807, 2.05) is 11.1 Å². The van der Waals surface area contributed by atoms with Crippen molar-refractivity contribution in [3.05, 3.63) is 35.5 Å². The van der Waals surface area contributed by atoms with E-state index in [2.05, 4.69) is 42.3 Å². The summed E-state index contributed by atoms with van der Waals surface area (Å²) in [4.78, 5) is 17.6. The van der Waals surface area contributed by atoms with E-state index in [4.69, 9.17) is 0 Å². The number of benzene rings is 1. The second-order valence-electron chi connectivity index (χ2n) is 7.29. The Morgan fingerprint density at radius 2 is 2.12 bits per heavy atom. The van der Waals surface area contributed by atoms with Crippen LogP contribution in [0.4, 0.5) is 4.79 Å². The highest BCUT2D eigenvalue weighted by atomic mass is 16.3. The van der Waals surface area contributed by atoms with Crippen molar-refractivity contribution in [2.75, 3.05) is 26.2 Å². The molecular formula is C20H29N3O2. The van der Waals surface area contributed by atoms with Crippen LogP contribution in [0, 0.1) is 12.3 Å². The molecule has 3 N–H and O–H groups in total. The molecule has 0 bridgehead atoms. The number of rotatable bonds is 5. The van der Waals surface area contributed by atoms with E-state index >= 15 is 0 Å². The van der Waals surface area contributed by atoms with Gasteiger partial charge < -0.3 is 20.3 Å². The Kier molecular flexibility index (Phi) is 5.33. The summed E-state index contributed by atoms with van der Waals surface area (Å²) in [6.45, 7) is 6.53. The first-order valence-corrected chi connectivity index (χ1v) is 9.28. The van der Waals surface area contributed by atoms with E-state index in [0.717, 1.165) is 38.8 Å². The predicted octanol–water partition coefficient (Wildman–Crippen LogP) is 3.21. The quantitative estimate of drug-likeness (QED) is 0.780. The number of likely N-dealkylation sites (tertiary alicyclic amines) is 1. The van der Waals surface area contributed by atoms with Crippen molar-refractivity contribution < 1.29 is 9.90 Å². The standard InChI is InChI=1S/C20H29N3O2/c1-3-20(14-24)8-11-23(12-9-20)19(25)21-10-7-16-13-22-18-15(2)5-4-6-17(16)18/h4-6,13,22,24H,3,7-12,14H2,1-2H3,(H,21,25). The summed E-state index contributed by atoms with van der Waals surface area (Å²) in [5, 5.41) is 13.9. The zero-order chi connectivity index (χ0) is 17.9. The first-order chi connectivity index (χ1) is 12.1. The van der Waals surface area contributed by atoms with Crippen LogP contribution in [0.15, 0.2) is 24.4 Å². The Labute approximate surface area is 149 Å². The molecule has 0 spiro atoms. The number of carbonyl (C=O) groups is 1. The van der Waals surface area contributed by atoms with Gasteiger partial charge in [-0.2, -0.15) is 0 Å². The Bertz CT molecular complexity index is 724. The minimum Gasteiger partial charge on any atom is -0.396 e. The molecule has 3 rings (SSSR count). The largest absolute Gasteiger partial charge is 0.396 e. The molecule has 1 aliphatic rings. The maximum absolute atomic E-state index is 12.4. The molecule has 0 unspecified atom stereocenters. The number of aliphatic hydroxyl groups excluding tert-OH is 1. The summed E-state index contributed by atoms with van der Waals surface area (Å²) in [7, 11) is 0. The third kappa shape index (κ3) is 3.66. The maximum Gasteiger partial charge on any atom is 0.317 e. The Morgan fingerprint density at radius 3 is 2.80 bits per heavy atom. The summed E-state index contributed by atoms with van der Waals surface area (Å²) in [6.07, 6.45) is 5.60. The SMILES string of the molecule is CCC1(CO)CCN(C(=O)NCCc2c[nH]c3c(C)cccc23)CC1. The van der Waals surface area contributed by atoms with E-state index in [1.165, 1.54) is 22.0 Å². The number of nitrogens with zero attached hydrogens (tertiary/aromatic N) is 1. The first kappa shape index (κ1) is 17.8. The van der Waals surface area contributed by atoms with Crippen molar-refractivity contribution in [3.63, 3.8) is 0 Å². The van der Waals surface area contributed by atoms with Gasteiger partial charge in [-0.1, -0.05) is 25.1 Å². The molecular weight excluding hydrogens is 314 g/mol. The first-order valence-electron chi connectivity index (χ1n) is 9.28. The third-order valence-corrected chi connectivity index (χ3v) is 5.88. The van der Waals surface area contributed by atoms with Crippen LogP contribution in [-0.2, 0) is 6.42 Å². The van der Waals surface area contributed by atoms with E-state index < -0.39 is 0 Å². The van der Waals surface area contributed by atoms with Crippen LogP contribution in [0.3, 0.4) is 0 Å². The van der Waals surface area contributed by atoms with Crippen LogP contribution in [-0.4, -0.2) is 47.3 Å². The zero-order valence-corrected chi connectivity index (χ0v) is 15.3. The van der Waals surface area contributed by atoms with Crippen LogP contribution in [0.25, 0.3) is 10.9 Å². The number of amides is 2. The molecule has 5 nitrogen and oxygen atoms in total. The van der Waals surface area contributed by atoms with E-state index in [1.54, 1.807) is 0 Å². The zero-order valence-electron chi connectivity index (χ0n) is 15.3. The number of aromatic amines is 1. The molecule has 0 radical (unpaired) electrons. The number of fused-ring (bicyclic) bond motifs is 1. The fourth-order valence-corrected chi connectivity index (χ4v) is 3.79. The number of para-hydroxylation sites is 1. The van der Waals surface area contributed by atoms with Crippen molar-refractivity contribution in [1.29, 1.82) is 0 Å². The van der Waals surface area contributed by atoms with Gasteiger partial charge in [0, 0.05) is 43.3 Å². The van der Waals surface area contributed by atoms with E-state index in [0.29, 0.717) is 6.54 Å². The van der Waals surface area contributed by atoms with Crippen LogP contribution in [0.1, 0.15) is 37.3 Å². The summed E-state index contributed by atoms with van der Waals surface area (Å²) < 4.78 is 0. The normalized spacial score (nSPS) is 17.0. The van der Waals surface area contributed by atoms with Gasteiger partial charge in [-0.25, -0.2) is 4.79 Å². The molecule has 1 aromatic heterocycles. The van der Waals surface area contributed by atoms with Gasteiger partial charge in [0.25, 0.3) is 0 Å². The molecule has 1 fully saturated rings. The van der Waals surface area contributed by atoms with Gasteiger partial charge in [-0.05, 0) is 49.1 Å². The lowest BCUT2D eigenvalue weighted by atomic mass is 9.77. The number of urea groups is 1. The minimum absolute atomic E-state index is 0.0126. The fraction of sp³-hybridized carbons (Fsp3) is 0.550. The molecule has 1 saturated heterocycles. The van der Waals surface area contributed by atoms with Gasteiger partial charge >= 0.3 is 6.03 Å². The second-order valence-corrected chi connectivity index (χ2v) is 7.29. The van der Waals surface area contributed by atoms with Gasteiger partial charge in [0.1, 0.15) is 0 Å². The number of hydrogen-bond donors (Lipinski definition) is 3. The van der Waals surface area contributed by atoms with E-state index in [9.17, 15) is 9.90 Å². The van der Waals surface area contributed by atoms with Crippen LogP contribution >= 0.6 is 0 Å². The average Bonchev–Trinajstić information content (AvgIpc) is 3.06. The molecule has 1 aliphatic heterocycles. The molecule has 1 aromatic carbocycles.